The van der Waals surface area contributed by atoms with E-state index in [2.05, 4.69) is 18.3 Å². The molecule has 0 aliphatic heterocycles. The van der Waals surface area contributed by atoms with Gasteiger partial charge >= 0.3 is 0 Å². The van der Waals surface area contributed by atoms with Crippen molar-refractivity contribution in [1.29, 1.82) is 0 Å². The number of likely N-dealkylation sites (N-methyl/N-ethyl adjacent to an activating group) is 1. The summed E-state index contributed by atoms with van der Waals surface area (Å²) in [6.45, 7) is 2.09. The molecule has 0 atom stereocenters. The van der Waals surface area contributed by atoms with Gasteiger partial charge in [0.05, 0.1) is 11.2 Å². The topological polar surface area (TPSA) is 51.2 Å². The van der Waals surface area contributed by atoms with E-state index in [4.69, 9.17) is 9.72 Å². The summed E-state index contributed by atoms with van der Waals surface area (Å²) in [5.41, 5.74) is 3.89. The summed E-state index contributed by atoms with van der Waals surface area (Å²) in [5, 5.41) is 3.55. The van der Waals surface area contributed by atoms with Gasteiger partial charge in [-0.1, -0.05) is 49.4 Å². The van der Waals surface area contributed by atoms with Gasteiger partial charge < -0.3 is 10.1 Å². The number of ether oxygens (including phenoxy) is 1. The van der Waals surface area contributed by atoms with E-state index in [1.165, 1.54) is 0 Å². The van der Waals surface area contributed by atoms with Crippen molar-refractivity contribution in [3.05, 3.63) is 60.2 Å². The molecule has 4 nitrogen and oxygen atoms in total. The van der Waals surface area contributed by atoms with Crippen LogP contribution in [-0.4, -0.2) is 24.5 Å². The van der Waals surface area contributed by atoms with Crippen LogP contribution in [0.1, 0.15) is 12.5 Å². The van der Waals surface area contributed by atoms with Crippen molar-refractivity contribution in [2.24, 2.45) is 0 Å². The van der Waals surface area contributed by atoms with Crippen LogP contribution in [-0.2, 0) is 11.2 Å². The number of rotatable bonds is 5. The number of carbonyl (C=O) groups is 1. The molecule has 0 spiro atoms. The molecule has 24 heavy (non-hydrogen) atoms. The Labute approximate surface area is 141 Å². The Kier molecular flexibility index (Phi) is 4.75. The Morgan fingerprint density at radius 2 is 1.92 bits per heavy atom. The second-order valence-corrected chi connectivity index (χ2v) is 5.50. The standard InChI is InChI=1S/C20H20N2O2/c1-3-14-10-7-11-16-20(14)18(24-13-19(23)21-2)12-17(22-16)15-8-5-4-6-9-15/h4-12H,3,13H2,1-2H3,(H,21,23). The molecule has 0 fully saturated rings. The molecule has 0 saturated carbocycles. The first kappa shape index (κ1) is 16.0. The zero-order valence-electron chi connectivity index (χ0n) is 13.9. The van der Waals surface area contributed by atoms with E-state index < -0.39 is 0 Å². The summed E-state index contributed by atoms with van der Waals surface area (Å²) in [6.07, 6.45) is 0.875. The molecule has 3 rings (SSSR count). The second kappa shape index (κ2) is 7.13. The molecule has 1 aromatic heterocycles. The molecule has 3 aromatic rings. The fourth-order valence-corrected chi connectivity index (χ4v) is 2.70. The zero-order valence-corrected chi connectivity index (χ0v) is 13.9. The van der Waals surface area contributed by atoms with Gasteiger partial charge in [0.15, 0.2) is 6.61 Å². The van der Waals surface area contributed by atoms with Crippen LogP contribution in [0.25, 0.3) is 22.2 Å². The van der Waals surface area contributed by atoms with Crippen LogP contribution < -0.4 is 10.1 Å². The highest BCUT2D eigenvalue weighted by Crippen LogP contribution is 2.32. The molecule has 0 radical (unpaired) electrons. The van der Waals surface area contributed by atoms with Crippen molar-refractivity contribution >= 4 is 16.8 Å². The molecule has 4 heteroatoms. The predicted octanol–water partition coefficient (Wildman–Crippen LogP) is 3.59. The molecule has 1 N–H and O–H groups in total. The number of amides is 1. The lowest BCUT2D eigenvalue weighted by Crippen LogP contribution is -2.25. The minimum absolute atomic E-state index is 0.0120. The van der Waals surface area contributed by atoms with Gasteiger partial charge in [-0.15, -0.1) is 0 Å². The fourth-order valence-electron chi connectivity index (χ4n) is 2.70. The van der Waals surface area contributed by atoms with Gasteiger partial charge in [0.1, 0.15) is 5.75 Å². The Morgan fingerprint density at radius 3 is 2.62 bits per heavy atom. The lowest BCUT2D eigenvalue weighted by atomic mass is 10.0. The normalized spacial score (nSPS) is 10.6. The first-order valence-electron chi connectivity index (χ1n) is 8.04. The monoisotopic (exact) mass is 320 g/mol. The van der Waals surface area contributed by atoms with Gasteiger partial charge in [0.25, 0.3) is 5.91 Å². The molecule has 0 unspecified atom stereocenters. The quantitative estimate of drug-likeness (QED) is 0.781. The number of hydrogen-bond donors (Lipinski definition) is 1. The van der Waals surface area contributed by atoms with Gasteiger partial charge in [0, 0.05) is 24.1 Å². The molecule has 122 valence electrons. The van der Waals surface area contributed by atoms with Crippen LogP contribution in [0.2, 0.25) is 0 Å². The van der Waals surface area contributed by atoms with Crippen molar-refractivity contribution in [2.45, 2.75) is 13.3 Å². The summed E-state index contributed by atoms with van der Waals surface area (Å²) in [6, 6.07) is 17.9. The fraction of sp³-hybridized carbons (Fsp3) is 0.200. The molecule has 0 aliphatic rings. The van der Waals surface area contributed by atoms with E-state index in [1.807, 2.05) is 48.5 Å². The van der Waals surface area contributed by atoms with Gasteiger partial charge in [-0.2, -0.15) is 0 Å². The van der Waals surface area contributed by atoms with Crippen molar-refractivity contribution in [3.63, 3.8) is 0 Å². The molecule has 1 heterocycles. The van der Waals surface area contributed by atoms with Gasteiger partial charge in [0.2, 0.25) is 0 Å². The maximum atomic E-state index is 11.6. The molecule has 1 amide bonds. The van der Waals surface area contributed by atoms with Crippen LogP contribution in [0.3, 0.4) is 0 Å². The Morgan fingerprint density at radius 1 is 1.12 bits per heavy atom. The SMILES string of the molecule is CCc1cccc2nc(-c3ccccc3)cc(OCC(=O)NC)c12. The number of nitrogens with one attached hydrogen (secondary N) is 1. The average molecular weight is 320 g/mol. The van der Waals surface area contributed by atoms with E-state index in [0.717, 1.165) is 34.1 Å². The van der Waals surface area contributed by atoms with E-state index in [0.29, 0.717) is 5.75 Å². The summed E-state index contributed by atoms with van der Waals surface area (Å²) >= 11 is 0. The number of aryl methyl sites for hydroxylation is 1. The number of hydrogen-bond acceptors (Lipinski definition) is 3. The average Bonchev–Trinajstić information content (AvgIpc) is 2.65. The molecular formula is C20H20N2O2. The predicted molar refractivity (Wildman–Crippen MR) is 96.1 cm³/mol. The minimum Gasteiger partial charge on any atom is -0.483 e. The van der Waals surface area contributed by atoms with Gasteiger partial charge in [-0.05, 0) is 18.1 Å². The second-order valence-electron chi connectivity index (χ2n) is 5.50. The van der Waals surface area contributed by atoms with Gasteiger partial charge in [-0.25, -0.2) is 4.98 Å². The molecule has 2 aromatic carbocycles. The van der Waals surface area contributed by atoms with E-state index >= 15 is 0 Å². The van der Waals surface area contributed by atoms with Crippen molar-refractivity contribution in [3.8, 4) is 17.0 Å². The third kappa shape index (κ3) is 3.23. The molecule has 0 aliphatic carbocycles. The van der Waals surface area contributed by atoms with E-state index in [1.54, 1.807) is 7.05 Å². The maximum Gasteiger partial charge on any atom is 0.257 e. The number of carbonyl (C=O) groups excluding carboxylic acids is 1. The minimum atomic E-state index is -0.157. The number of benzene rings is 2. The maximum absolute atomic E-state index is 11.6. The highest BCUT2D eigenvalue weighted by atomic mass is 16.5. The van der Waals surface area contributed by atoms with E-state index in [9.17, 15) is 4.79 Å². The number of nitrogens with zero attached hydrogens (tertiary/aromatic N) is 1. The third-order valence-electron chi connectivity index (χ3n) is 3.97. The first-order valence-corrected chi connectivity index (χ1v) is 8.04. The van der Waals surface area contributed by atoms with Crippen molar-refractivity contribution in [1.82, 2.24) is 10.3 Å². The first-order chi connectivity index (χ1) is 11.7. The van der Waals surface area contributed by atoms with Crippen LogP contribution in [0, 0.1) is 0 Å². The largest absolute Gasteiger partial charge is 0.483 e. The summed E-state index contributed by atoms with van der Waals surface area (Å²) < 4.78 is 5.82. The molecular weight excluding hydrogens is 300 g/mol. The smallest absolute Gasteiger partial charge is 0.257 e. The molecule has 0 bridgehead atoms. The summed E-state index contributed by atoms with van der Waals surface area (Å²) in [7, 11) is 1.60. The van der Waals surface area contributed by atoms with Crippen molar-refractivity contribution < 1.29 is 9.53 Å². The van der Waals surface area contributed by atoms with Crippen molar-refractivity contribution in [2.75, 3.05) is 13.7 Å². The Hall–Kier alpha value is -2.88. The lowest BCUT2D eigenvalue weighted by molar-refractivity contribution is -0.122. The number of aromatic nitrogens is 1. The van der Waals surface area contributed by atoms with Crippen LogP contribution >= 0.6 is 0 Å². The van der Waals surface area contributed by atoms with Crippen LogP contribution in [0.15, 0.2) is 54.6 Å². The lowest BCUT2D eigenvalue weighted by Gasteiger charge is -2.13. The zero-order chi connectivity index (χ0) is 16.9. The molecule has 0 saturated heterocycles. The summed E-state index contributed by atoms with van der Waals surface area (Å²) in [4.78, 5) is 16.4. The highest BCUT2D eigenvalue weighted by Gasteiger charge is 2.12. The Bertz CT molecular complexity index is 860. The number of fused-ring (bicyclic) bond motifs is 1. The summed E-state index contributed by atoms with van der Waals surface area (Å²) in [5.74, 6) is 0.537. The van der Waals surface area contributed by atoms with Crippen LogP contribution in [0.4, 0.5) is 0 Å². The third-order valence-corrected chi connectivity index (χ3v) is 3.97. The van der Waals surface area contributed by atoms with Gasteiger partial charge in [-0.3, -0.25) is 4.79 Å². The van der Waals surface area contributed by atoms with E-state index in [-0.39, 0.29) is 12.5 Å². The van der Waals surface area contributed by atoms with Crippen LogP contribution in [0.5, 0.6) is 5.75 Å². The highest BCUT2D eigenvalue weighted by molar-refractivity contribution is 5.91. The Balaban J connectivity index is 2.14. The number of pyridine rings is 1.